The van der Waals surface area contributed by atoms with Crippen LogP contribution in [-0.4, -0.2) is 67.8 Å². The van der Waals surface area contributed by atoms with Crippen LogP contribution in [0.3, 0.4) is 0 Å². The topological polar surface area (TPSA) is 68.2 Å². The Balaban J connectivity index is 1.65. The highest BCUT2D eigenvalue weighted by atomic mass is 16.7. The minimum absolute atomic E-state index is 0.156. The number of carboxylic acid groups (broad SMARTS) is 1. The maximum absolute atomic E-state index is 10.6. The first-order valence-corrected chi connectivity index (χ1v) is 5.55. The van der Waals surface area contributed by atoms with Crippen molar-refractivity contribution in [1.82, 2.24) is 4.90 Å². The fraction of sp³-hybridized carbons (Fsp3) is 0.900. The van der Waals surface area contributed by atoms with Gasteiger partial charge in [0.2, 0.25) is 0 Å². The molecule has 2 aliphatic rings. The van der Waals surface area contributed by atoms with Crippen LogP contribution < -0.4 is 0 Å². The summed E-state index contributed by atoms with van der Waals surface area (Å²) in [4.78, 5) is 12.9. The van der Waals surface area contributed by atoms with Gasteiger partial charge < -0.3 is 19.3 Å². The third-order valence-electron chi connectivity index (χ3n) is 2.81. The summed E-state index contributed by atoms with van der Waals surface area (Å²) in [5.41, 5.74) is 0. The molecule has 2 fully saturated rings. The Kier molecular flexibility index (Phi) is 4.11. The third kappa shape index (κ3) is 3.15. The quantitative estimate of drug-likeness (QED) is 0.706. The summed E-state index contributed by atoms with van der Waals surface area (Å²) in [6.07, 6.45) is -0.456. The Morgan fingerprint density at radius 1 is 1.38 bits per heavy atom. The van der Waals surface area contributed by atoms with E-state index >= 15 is 0 Å². The number of rotatable bonds is 4. The van der Waals surface area contributed by atoms with Crippen molar-refractivity contribution in [2.45, 2.75) is 18.8 Å². The monoisotopic (exact) mass is 231 g/mol. The summed E-state index contributed by atoms with van der Waals surface area (Å²) in [6, 6.07) is 0. The highest BCUT2D eigenvalue weighted by Crippen LogP contribution is 2.15. The molecule has 0 aliphatic carbocycles. The standard InChI is InChI=1S/C10H17NO5/c12-10(13)8-7-15-9(16-8)1-2-11-3-5-14-6-4-11/h8-9H,1-7H2,(H,12,13). The molecule has 0 aromatic heterocycles. The van der Waals surface area contributed by atoms with Crippen LogP contribution >= 0.6 is 0 Å². The summed E-state index contributed by atoms with van der Waals surface area (Å²) in [6.45, 7) is 4.40. The van der Waals surface area contributed by atoms with Gasteiger partial charge in [0.05, 0.1) is 19.8 Å². The van der Waals surface area contributed by atoms with Crippen molar-refractivity contribution < 1.29 is 24.1 Å². The largest absolute Gasteiger partial charge is 0.479 e. The van der Waals surface area contributed by atoms with Crippen molar-refractivity contribution in [3.05, 3.63) is 0 Å². The van der Waals surface area contributed by atoms with Gasteiger partial charge in [-0.2, -0.15) is 0 Å². The summed E-state index contributed by atoms with van der Waals surface area (Å²) in [5, 5.41) is 8.72. The van der Waals surface area contributed by atoms with E-state index in [0.717, 1.165) is 32.8 Å². The SMILES string of the molecule is O=C(O)C1COC(CCN2CCOCC2)O1. The average Bonchev–Trinajstić information content (AvgIpc) is 2.76. The van der Waals surface area contributed by atoms with Crippen LogP contribution in [0.5, 0.6) is 0 Å². The van der Waals surface area contributed by atoms with Crippen LogP contribution in [0, 0.1) is 0 Å². The average molecular weight is 231 g/mol. The molecule has 0 spiro atoms. The molecule has 0 bridgehead atoms. The molecule has 2 aliphatic heterocycles. The molecule has 16 heavy (non-hydrogen) atoms. The number of hydrogen-bond donors (Lipinski definition) is 1. The summed E-state index contributed by atoms with van der Waals surface area (Å²) in [5.74, 6) is -0.950. The molecular weight excluding hydrogens is 214 g/mol. The molecule has 0 amide bonds. The molecule has 92 valence electrons. The summed E-state index contributed by atoms with van der Waals surface area (Å²) in [7, 11) is 0. The Morgan fingerprint density at radius 3 is 2.75 bits per heavy atom. The fourth-order valence-corrected chi connectivity index (χ4v) is 1.85. The van der Waals surface area contributed by atoms with Gasteiger partial charge in [-0.3, -0.25) is 4.90 Å². The number of hydrogen-bond acceptors (Lipinski definition) is 5. The lowest BCUT2D eigenvalue weighted by molar-refractivity contribution is -0.150. The minimum Gasteiger partial charge on any atom is -0.479 e. The van der Waals surface area contributed by atoms with E-state index < -0.39 is 12.1 Å². The number of aliphatic carboxylic acids is 1. The molecule has 0 radical (unpaired) electrons. The van der Waals surface area contributed by atoms with Gasteiger partial charge in [0.25, 0.3) is 0 Å². The number of morpholine rings is 1. The molecule has 1 N–H and O–H groups in total. The number of nitrogens with zero attached hydrogens (tertiary/aromatic N) is 1. The maximum atomic E-state index is 10.6. The van der Waals surface area contributed by atoms with Gasteiger partial charge >= 0.3 is 5.97 Å². The van der Waals surface area contributed by atoms with Crippen molar-refractivity contribution in [1.29, 1.82) is 0 Å². The predicted octanol–water partition coefficient (Wildman–Crippen LogP) is -0.465. The lowest BCUT2D eigenvalue weighted by Gasteiger charge is -2.27. The molecule has 2 heterocycles. The van der Waals surface area contributed by atoms with E-state index in [4.69, 9.17) is 19.3 Å². The second kappa shape index (κ2) is 5.58. The zero-order valence-corrected chi connectivity index (χ0v) is 9.13. The molecular formula is C10H17NO5. The van der Waals surface area contributed by atoms with Crippen LogP contribution in [-0.2, 0) is 19.0 Å². The molecule has 6 nitrogen and oxygen atoms in total. The molecule has 2 atom stereocenters. The van der Waals surface area contributed by atoms with Crippen molar-refractivity contribution >= 4 is 5.97 Å². The van der Waals surface area contributed by atoms with E-state index in [1.165, 1.54) is 0 Å². The van der Waals surface area contributed by atoms with Gasteiger partial charge in [-0.05, 0) is 0 Å². The van der Waals surface area contributed by atoms with E-state index in [1.54, 1.807) is 0 Å². The fourth-order valence-electron chi connectivity index (χ4n) is 1.85. The second-order valence-electron chi connectivity index (χ2n) is 3.97. The first-order valence-electron chi connectivity index (χ1n) is 5.55. The van der Waals surface area contributed by atoms with Gasteiger partial charge in [0, 0.05) is 26.1 Å². The predicted molar refractivity (Wildman–Crippen MR) is 54.1 cm³/mol. The van der Waals surface area contributed by atoms with E-state index in [-0.39, 0.29) is 12.9 Å². The van der Waals surface area contributed by atoms with E-state index in [1.807, 2.05) is 0 Å². The Bertz CT molecular complexity index is 241. The molecule has 0 aromatic rings. The first-order chi connectivity index (χ1) is 7.75. The molecule has 6 heteroatoms. The lowest BCUT2D eigenvalue weighted by Crippen LogP contribution is -2.38. The van der Waals surface area contributed by atoms with E-state index in [2.05, 4.69) is 4.90 Å². The zero-order valence-electron chi connectivity index (χ0n) is 9.13. The molecule has 0 aromatic carbocycles. The van der Waals surface area contributed by atoms with Crippen molar-refractivity contribution in [2.24, 2.45) is 0 Å². The van der Waals surface area contributed by atoms with Gasteiger partial charge in [0.1, 0.15) is 0 Å². The summed E-state index contributed by atoms with van der Waals surface area (Å²) < 4.78 is 15.7. The van der Waals surface area contributed by atoms with Crippen LogP contribution in [0.25, 0.3) is 0 Å². The Morgan fingerprint density at radius 2 is 2.12 bits per heavy atom. The Hall–Kier alpha value is -0.690. The molecule has 2 unspecified atom stereocenters. The van der Waals surface area contributed by atoms with Gasteiger partial charge in [-0.15, -0.1) is 0 Å². The minimum atomic E-state index is -0.950. The first kappa shape index (κ1) is 11.8. The van der Waals surface area contributed by atoms with Crippen molar-refractivity contribution in [3.63, 3.8) is 0 Å². The number of carboxylic acids is 1. The lowest BCUT2D eigenvalue weighted by atomic mass is 10.3. The van der Waals surface area contributed by atoms with Crippen LogP contribution in [0.2, 0.25) is 0 Å². The van der Waals surface area contributed by atoms with Gasteiger partial charge in [-0.25, -0.2) is 4.79 Å². The number of carbonyl (C=O) groups is 1. The zero-order chi connectivity index (χ0) is 11.4. The highest BCUT2D eigenvalue weighted by molar-refractivity contribution is 5.72. The second-order valence-corrected chi connectivity index (χ2v) is 3.97. The number of ether oxygens (including phenoxy) is 3. The van der Waals surface area contributed by atoms with E-state index in [9.17, 15) is 4.79 Å². The van der Waals surface area contributed by atoms with Crippen LogP contribution in [0.15, 0.2) is 0 Å². The summed E-state index contributed by atoms with van der Waals surface area (Å²) >= 11 is 0. The Labute approximate surface area is 94.1 Å². The molecule has 2 saturated heterocycles. The maximum Gasteiger partial charge on any atom is 0.335 e. The highest BCUT2D eigenvalue weighted by Gasteiger charge is 2.31. The van der Waals surface area contributed by atoms with Crippen LogP contribution in [0.4, 0.5) is 0 Å². The smallest absolute Gasteiger partial charge is 0.335 e. The third-order valence-corrected chi connectivity index (χ3v) is 2.81. The normalized spacial score (nSPS) is 31.8. The van der Waals surface area contributed by atoms with Gasteiger partial charge in [-0.1, -0.05) is 0 Å². The van der Waals surface area contributed by atoms with Crippen molar-refractivity contribution in [2.75, 3.05) is 39.5 Å². The van der Waals surface area contributed by atoms with Crippen LogP contribution in [0.1, 0.15) is 6.42 Å². The molecule has 2 rings (SSSR count). The van der Waals surface area contributed by atoms with Crippen molar-refractivity contribution in [3.8, 4) is 0 Å². The molecule has 0 saturated carbocycles. The van der Waals surface area contributed by atoms with E-state index in [0.29, 0.717) is 6.42 Å². The van der Waals surface area contributed by atoms with Gasteiger partial charge in [0.15, 0.2) is 12.4 Å².